The Labute approximate surface area is 289 Å². The summed E-state index contributed by atoms with van der Waals surface area (Å²) in [5.41, 5.74) is 2.63. The quantitative estimate of drug-likeness (QED) is 0.134. The van der Waals surface area contributed by atoms with Crippen molar-refractivity contribution in [1.29, 1.82) is 0 Å². The first-order chi connectivity index (χ1) is 22.0. The number of aryl methyl sites for hydroxylation is 1. The van der Waals surface area contributed by atoms with Crippen LogP contribution in [0.1, 0.15) is 36.5 Å². The Morgan fingerprint density at radius 3 is 2.15 bits per heavy atom. The van der Waals surface area contributed by atoms with Crippen LogP contribution in [0.15, 0.2) is 106 Å². The van der Waals surface area contributed by atoms with Crippen molar-refractivity contribution in [3.05, 3.63) is 128 Å². The molecular weight excluding hydrogens is 709 g/mol. The van der Waals surface area contributed by atoms with Crippen LogP contribution in [0.3, 0.4) is 0 Å². The van der Waals surface area contributed by atoms with Gasteiger partial charge in [-0.05, 0) is 66.9 Å². The third-order valence-corrected chi connectivity index (χ3v) is 10.1. The van der Waals surface area contributed by atoms with Gasteiger partial charge in [-0.25, -0.2) is 8.42 Å². The molecule has 0 aliphatic heterocycles. The van der Waals surface area contributed by atoms with Crippen molar-refractivity contribution < 1.29 is 18.0 Å². The van der Waals surface area contributed by atoms with E-state index in [0.717, 1.165) is 38.3 Å². The molecule has 0 bridgehead atoms. The van der Waals surface area contributed by atoms with E-state index in [1.54, 1.807) is 12.1 Å². The van der Waals surface area contributed by atoms with E-state index in [1.807, 2.05) is 68.4 Å². The van der Waals surface area contributed by atoms with Gasteiger partial charge in [-0.3, -0.25) is 13.9 Å². The van der Waals surface area contributed by atoms with E-state index in [-0.39, 0.29) is 39.5 Å². The number of benzene rings is 4. The van der Waals surface area contributed by atoms with Crippen molar-refractivity contribution in [1.82, 2.24) is 10.2 Å². The molecule has 2 amide bonds. The van der Waals surface area contributed by atoms with Crippen LogP contribution in [-0.2, 0) is 32.6 Å². The minimum absolute atomic E-state index is 0.00122. The topological polar surface area (TPSA) is 86.8 Å². The second kappa shape index (κ2) is 16.5. The fraction of sp³-hybridized carbons (Fsp3) is 0.257. The minimum atomic E-state index is -4.27. The van der Waals surface area contributed by atoms with E-state index < -0.39 is 28.5 Å². The van der Waals surface area contributed by atoms with Gasteiger partial charge in [0.15, 0.2) is 0 Å². The molecule has 1 N–H and O–H groups in total. The summed E-state index contributed by atoms with van der Waals surface area (Å²) in [5, 5.41) is 3.41. The highest BCUT2D eigenvalue weighted by atomic mass is 79.9. The molecule has 0 saturated heterocycles. The highest BCUT2D eigenvalue weighted by molar-refractivity contribution is 9.10. The van der Waals surface area contributed by atoms with Gasteiger partial charge in [0.1, 0.15) is 12.6 Å². The predicted octanol–water partition coefficient (Wildman–Crippen LogP) is 7.82. The molecule has 0 spiro atoms. The molecule has 4 rings (SSSR count). The van der Waals surface area contributed by atoms with Crippen molar-refractivity contribution in [3.63, 3.8) is 0 Å². The normalized spacial score (nSPS) is 11.9. The van der Waals surface area contributed by atoms with Crippen LogP contribution in [0.25, 0.3) is 0 Å². The zero-order valence-electron chi connectivity index (χ0n) is 25.6. The Morgan fingerprint density at radius 1 is 0.870 bits per heavy atom. The minimum Gasteiger partial charge on any atom is -0.354 e. The van der Waals surface area contributed by atoms with E-state index in [4.69, 9.17) is 23.2 Å². The van der Waals surface area contributed by atoms with Gasteiger partial charge in [-0.2, -0.15) is 0 Å². The Kier molecular flexibility index (Phi) is 12.7. The van der Waals surface area contributed by atoms with E-state index in [9.17, 15) is 18.0 Å². The fourth-order valence-electron chi connectivity index (χ4n) is 4.94. The van der Waals surface area contributed by atoms with Crippen molar-refractivity contribution in [2.45, 2.75) is 50.6 Å². The number of amides is 2. The summed E-state index contributed by atoms with van der Waals surface area (Å²) >= 11 is 16.1. The largest absolute Gasteiger partial charge is 0.354 e. The standard InChI is InChI=1S/C35H36BrCl2N3O4S/c1-3-4-17-39-35(43)33(19-26-9-6-5-7-10-26)40(23-27-11-8-12-28(36)18-27)34(42)24-41(31-21-29(37)20-30(38)22-31)46(44,45)32-15-13-25(2)14-16-32/h5-16,18,20-22,33H,3-4,17,19,23-24H2,1-2H3,(H,39,43). The Bertz CT molecular complexity index is 1740. The van der Waals surface area contributed by atoms with Gasteiger partial charge in [-0.15, -0.1) is 0 Å². The molecule has 0 heterocycles. The first-order valence-corrected chi connectivity index (χ1v) is 17.9. The Morgan fingerprint density at radius 2 is 1.52 bits per heavy atom. The van der Waals surface area contributed by atoms with Crippen LogP contribution in [0, 0.1) is 6.92 Å². The second-order valence-electron chi connectivity index (χ2n) is 11.0. The smallest absolute Gasteiger partial charge is 0.264 e. The van der Waals surface area contributed by atoms with Crippen LogP contribution >= 0.6 is 39.1 Å². The first-order valence-electron chi connectivity index (χ1n) is 14.9. The molecule has 0 saturated carbocycles. The maximum Gasteiger partial charge on any atom is 0.264 e. The SMILES string of the molecule is CCCCNC(=O)C(Cc1ccccc1)N(Cc1cccc(Br)c1)C(=O)CN(c1cc(Cl)cc(Cl)c1)S(=O)(=O)c1ccc(C)cc1. The summed E-state index contributed by atoms with van der Waals surface area (Å²) in [4.78, 5) is 29.8. The molecule has 242 valence electrons. The van der Waals surface area contributed by atoms with Gasteiger partial charge in [0.25, 0.3) is 10.0 Å². The van der Waals surface area contributed by atoms with Gasteiger partial charge in [0, 0.05) is 34.0 Å². The molecule has 4 aromatic carbocycles. The number of halogens is 3. The number of carbonyl (C=O) groups is 2. The lowest BCUT2D eigenvalue weighted by atomic mass is 10.0. The van der Waals surface area contributed by atoms with E-state index in [2.05, 4.69) is 21.2 Å². The lowest BCUT2D eigenvalue weighted by Gasteiger charge is -2.34. The molecule has 1 atom stereocenters. The van der Waals surface area contributed by atoms with Crippen LogP contribution in [0.4, 0.5) is 5.69 Å². The zero-order chi connectivity index (χ0) is 33.3. The third kappa shape index (κ3) is 9.58. The molecule has 11 heteroatoms. The molecule has 4 aromatic rings. The summed E-state index contributed by atoms with van der Waals surface area (Å²) in [6.45, 7) is 3.79. The molecule has 0 aliphatic rings. The average molecular weight is 746 g/mol. The number of carbonyl (C=O) groups excluding carboxylic acids is 2. The monoisotopic (exact) mass is 743 g/mol. The average Bonchev–Trinajstić information content (AvgIpc) is 3.01. The van der Waals surface area contributed by atoms with Gasteiger partial charge in [0.05, 0.1) is 10.6 Å². The predicted molar refractivity (Wildman–Crippen MR) is 189 cm³/mol. The molecular formula is C35H36BrCl2N3O4S. The second-order valence-corrected chi connectivity index (χ2v) is 14.6. The highest BCUT2D eigenvalue weighted by Crippen LogP contribution is 2.30. The van der Waals surface area contributed by atoms with Crippen LogP contribution in [0.5, 0.6) is 0 Å². The van der Waals surface area contributed by atoms with Crippen molar-refractivity contribution >= 4 is 66.7 Å². The third-order valence-electron chi connectivity index (χ3n) is 7.37. The van der Waals surface area contributed by atoms with Gasteiger partial charge >= 0.3 is 0 Å². The number of nitrogens with one attached hydrogen (secondary N) is 1. The lowest BCUT2D eigenvalue weighted by Crippen LogP contribution is -2.53. The summed E-state index contributed by atoms with van der Waals surface area (Å²) in [6.07, 6.45) is 1.89. The first kappa shape index (κ1) is 35.5. The van der Waals surface area contributed by atoms with Crippen LogP contribution in [0.2, 0.25) is 10.0 Å². The molecule has 0 fully saturated rings. The zero-order valence-corrected chi connectivity index (χ0v) is 29.5. The number of unbranched alkanes of at least 4 members (excludes halogenated alkanes) is 1. The van der Waals surface area contributed by atoms with Crippen molar-refractivity contribution in [2.24, 2.45) is 0 Å². The maximum atomic E-state index is 14.5. The number of rotatable bonds is 14. The Balaban J connectivity index is 1.81. The molecule has 0 aliphatic carbocycles. The van der Waals surface area contributed by atoms with Crippen LogP contribution < -0.4 is 9.62 Å². The molecule has 0 aromatic heterocycles. The lowest BCUT2D eigenvalue weighted by molar-refractivity contribution is -0.140. The van der Waals surface area contributed by atoms with E-state index in [0.29, 0.717) is 6.54 Å². The maximum absolute atomic E-state index is 14.5. The summed E-state index contributed by atoms with van der Waals surface area (Å²) in [6, 6.07) is 26.7. The fourth-order valence-corrected chi connectivity index (χ4v) is 7.30. The van der Waals surface area contributed by atoms with Gasteiger partial charge in [-0.1, -0.05) is 113 Å². The molecule has 0 radical (unpaired) electrons. The number of hydrogen-bond acceptors (Lipinski definition) is 4. The summed E-state index contributed by atoms with van der Waals surface area (Å²) in [5.74, 6) is -0.891. The summed E-state index contributed by atoms with van der Waals surface area (Å²) in [7, 11) is -4.27. The number of hydrogen-bond donors (Lipinski definition) is 1. The number of sulfonamides is 1. The van der Waals surface area contributed by atoms with Crippen molar-refractivity contribution in [3.8, 4) is 0 Å². The molecule has 46 heavy (non-hydrogen) atoms. The Hall–Kier alpha value is -3.37. The molecule has 7 nitrogen and oxygen atoms in total. The van der Waals surface area contributed by atoms with Crippen LogP contribution in [-0.4, -0.2) is 44.3 Å². The highest BCUT2D eigenvalue weighted by Gasteiger charge is 2.34. The molecule has 1 unspecified atom stereocenters. The summed E-state index contributed by atoms with van der Waals surface area (Å²) < 4.78 is 30.2. The van der Waals surface area contributed by atoms with E-state index >= 15 is 0 Å². The number of anilines is 1. The number of nitrogens with zero attached hydrogens (tertiary/aromatic N) is 2. The van der Waals surface area contributed by atoms with Gasteiger partial charge in [0.2, 0.25) is 11.8 Å². The van der Waals surface area contributed by atoms with E-state index in [1.165, 1.54) is 35.2 Å². The van der Waals surface area contributed by atoms with Gasteiger partial charge < -0.3 is 10.2 Å². The van der Waals surface area contributed by atoms with Crippen molar-refractivity contribution in [2.75, 3.05) is 17.4 Å².